The summed E-state index contributed by atoms with van der Waals surface area (Å²) in [6.45, 7) is 4.27. The number of aromatic nitrogens is 1. The number of amides is 1. The molecule has 28 heavy (non-hydrogen) atoms. The number of anilines is 1. The fourth-order valence-electron chi connectivity index (χ4n) is 2.48. The zero-order valence-corrected chi connectivity index (χ0v) is 16.4. The van der Waals surface area contributed by atoms with Crippen LogP contribution in [0.1, 0.15) is 27.9 Å². The van der Waals surface area contributed by atoms with E-state index in [0.29, 0.717) is 33.4 Å². The molecule has 3 rings (SSSR count). The van der Waals surface area contributed by atoms with Crippen molar-refractivity contribution in [1.82, 2.24) is 4.98 Å². The van der Waals surface area contributed by atoms with Crippen molar-refractivity contribution >= 4 is 27.8 Å². The Morgan fingerprint density at radius 2 is 1.93 bits per heavy atom. The van der Waals surface area contributed by atoms with E-state index in [4.69, 9.17) is 4.74 Å². The summed E-state index contributed by atoms with van der Waals surface area (Å²) in [6.07, 6.45) is 1.40. The zero-order chi connectivity index (χ0) is 19.9. The van der Waals surface area contributed by atoms with Crippen molar-refractivity contribution in [3.8, 4) is 17.3 Å². The highest BCUT2D eigenvalue weighted by atomic mass is 32.1. The normalized spacial score (nSPS) is 11.0. The van der Waals surface area contributed by atoms with Crippen LogP contribution in [0.25, 0.3) is 16.8 Å². The predicted octanol–water partition coefficient (Wildman–Crippen LogP) is 5.27. The van der Waals surface area contributed by atoms with E-state index in [1.165, 1.54) is 17.6 Å². The number of thiazole rings is 1. The fourth-order valence-corrected chi connectivity index (χ4v) is 3.42. The minimum atomic E-state index is -0.223. The Hall–Kier alpha value is -3.43. The van der Waals surface area contributed by atoms with Crippen molar-refractivity contribution in [3.63, 3.8) is 0 Å². The van der Waals surface area contributed by atoms with Crippen LogP contribution in [-0.2, 0) is 4.74 Å². The van der Waals surface area contributed by atoms with Crippen LogP contribution in [0.4, 0.5) is 5.00 Å². The number of nitriles is 1. The van der Waals surface area contributed by atoms with Crippen LogP contribution in [0.15, 0.2) is 60.9 Å². The molecule has 0 saturated heterocycles. The first-order chi connectivity index (χ1) is 13.6. The largest absolute Gasteiger partial charge is 0.500 e. The number of aryl methyl sites for hydroxylation is 1. The van der Waals surface area contributed by atoms with Crippen molar-refractivity contribution in [1.29, 1.82) is 5.26 Å². The van der Waals surface area contributed by atoms with Crippen molar-refractivity contribution in [3.05, 3.63) is 77.0 Å². The van der Waals surface area contributed by atoms with Crippen LogP contribution in [-0.4, -0.2) is 17.5 Å². The highest BCUT2D eigenvalue weighted by Gasteiger charge is 2.18. The number of carbonyl (C=O) groups excluding carboxylic acids is 1. The van der Waals surface area contributed by atoms with Crippen LogP contribution in [0.5, 0.6) is 0 Å². The van der Waals surface area contributed by atoms with E-state index in [-0.39, 0.29) is 5.91 Å². The second-order valence-electron chi connectivity index (χ2n) is 5.98. The molecule has 0 aliphatic heterocycles. The van der Waals surface area contributed by atoms with Gasteiger partial charge in [-0.15, -0.1) is 0 Å². The van der Waals surface area contributed by atoms with Gasteiger partial charge in [0.25, 0.3) is 5.91 Å². The fraction of sp³-hybridized carbons (Fsp3) is 0.136. The molecule has 0 fully saturated rings. The summed E-state index contributed by atoms with van der Waals surface area (Å²) in [6, 6.07) is 19.0. The van der Waals surface area contributed by atoms with Crippen LogP contribution < -0.4 is 5.32 Å². The number of hydrogen-bond donors (Lipinski definition) is 1. The molecule has 0 radical (unpaired) electrons. The number of hydrogen-bond acceptors (Lipinski definition) is 5. The van der Waals surface area contributed by atoms with E-state index in [1.807, 2.05) is 56.3 Å². The maximum atomic E-state index is 12.7. The summed E-state index contributed by atoms with van der Waals surface area (Å²) in [7, 11) is 0. The number of allylic oxidation sites excluding steroid dienone is 1. The first-order valence-corrected chi connectivity index (χ1v) is 9.60. The molecule has 0 bridgehead atoms. The summed E-state index contributed by atoms with van der Waals surface area (Å²) >= 11 is 1.25. The number of rotatable bonds is 6. The molecule has 140 valence electrons. The second-order valence-corrected chi connectivity index (χ2v) is 6.98. The quantitative estimate of drug-likeness (QED) is 0.460. The summed E-state index contributed by atoms with van der Waals surface area (Å²) in [5, 5.41) is 13.5. The molecule has 1 heterocycles. The Kier molecular flexibility index (Phi) is 6.20. The van der Waals surface area contributed by atoms with E-state index >= 15 is 0 Å². The molecule has 1 N–H and O–H groups in total. The smallest absolute Gasteiger partial charge is 0.256 e. The molecule has 0 aliphatic carbocycles. The Morgan fingerprint density at radius 1 is 1.21 bits per heavy atom. The summed E-state index contributed by atoms with van der Waals surface area (Å²) < 4.78 is 5.25. The van der Waals surface area contributed by atoms with E-state index in [2.05, 4.69) is 16.4 Å². The molecule has 0 aliphatic rings. The van der Waals surface area contributed by atoms with E-state index in [0.717, 1.165) is 11.1 Å². The topological polar surface area (TPSA) is 75.0 Å². The van der Waals surface area contributed by atoms with Gasteiger partial charge in [-0.3, -0.25) is 4.79 Å². The summed E-state index contributed by atoms with van der Waals surface area (Å²) in [5.74, 6) is -0.223. The van der Waals surface area contributed by atoms with Gasteiger partial charge >= 0.3 is 0 Å². The van der Waals surface area contributed by atoms with Gasteiger partial charge < -0.3 is 10.1 Å². The van der Waals surface area contributed by atoms with Crippen molar-refractivity contribution in [2.24, 2.45) is 0 Å². The minimum Gasteiger partial charge on any atom is -0.500 e. The molecule has 0 unspecified atom stereocenters. The summed E-state index contributed by atoms with van der Waals surface area (Å²) in [5.41, 5.74) is 3.45. The lowest BCUT2D eigenvalue weighted by Crippen LogP contribution is -2.11. The monoisotopic (exact) mass is 389 g/mol. The molecule has 5 nitrogen and oxygen atoms in total. The molecule has 2 aromatic carbocycles. The lowest BCUT2D eigenvalue weighted by molar-refractivity contribution is 0.102. The first-order valence-electron chi connectivity index (χ1n) is 8.79. The van der Waals surface area contributed by atoms with Gasteiger partial charge in [0.1, 0.15) is 33.6 Å². The van der Waals surface area contributed by atoms with Crippen LogP contribution >= 0.6 is 11.3 Å². The Labute approximate surface area is 167 Å². The third-order valence-corrected chi connectivity index (χ3v) is 4.94. The molecule has 0 atom stereocenters. The molecule has 0 spiro atoms. The number of nitrogens with zero attached hydrogens (tertiary/aromatic N) is 2. The van der Waals surface area contributed by atoms with Gasteiger partial charge in [0, 0.05) is 11.1 Å². The van der Waals surface area contributed by atoms with Crippen LogP contribution in [0.2, 0.25) is 0 Å². The van der Waals surface area contributed by atoms with Gasteiger partial charge in [0.05, 0.1) is 6.61 Å². The number of ether oxygens (including phenoxy) is 1. The number of benzene rings is 2. The standard InChI is InChI=1S/C22H19N3O2S/c1-3-27-14-18(13-23)21-24-19(16-7-5-4-6-8-16)22(28-21)25-20(26)17-11-9-15(2)10-12-17/h4-12,14H,3H2,1-2H3,(H,25,26)/b18-14+. The highest BCUT2D eigenvalue weighted by molar-refractivity contribution is 7.17. The average molecular weight is 389 g/mol. The Bertz CT molecular complexity index is 1030. The Balaban J connectivity index is 1.99. The SMILES string of the molecule is CCO/C=C(\C#N)c1nc(-c2ccccc2)c(NC(=O)c2ccc(C)cc2)s1. The lowest BCUT2D eigenvalue weighted by Gasteiger charge is -2.05. The average Bonchev–Trinajstić information content (AvgIpc) is 3.13. The van der Waals surface area contributed by atoms with Gasteiger partial charge in [-0.1, -0.05) is 59.4 Å². The highest BCUT2D eigenvalue weighted by Crippen LogP contribution is 2.36. The van der Waals surface area contributed by atoms with Gasteiger partial charge in [0.15, 0.2) is 0 Å². The van der Waals surface area contributed by atoms with Gasteiger partial charge in [-0.05, 0) is 26.0 Å². The Morgan fingerprint density at radius 3 is 2.57 bits per heavy atom. The van der Waals surface area contributed by atoms with Gasteiger partial charge in [-0.2, -0.15) is 5.26 Å². The molecule has 6 heteroatoms. The maximum Gasteiger partial charge on any atom is 0.256 e. The predicted molar refractivity (Wildman–Crippen MR) is 112 cm³/mol. The number of carbonyl (C=O) groups is 1. The first kappa shape index (κ1) is 19.3. The third kappa shape index (κ3) is 4.45. The molecule has 3 aromatic rings. The second kappa shape index (κ2) is 8.98. The van der Waals surface area contributed by atoms with Crippen LogP contribution in [0.3, 0.4) is 0 Å². The zero-order valence-electron chi connectivity index (χ0n) is 15.6. The van der Waals surface area contributed by atoms with Crippen molar-refractivity contribution in [2.75, 3.05) is 11.9 Å². The van der Waals surface area contributed by atoms with Gasteiger partial charge in [0.2, 0.25) is 0 Å². The van der Waals surface area contributed by atoms with Crippen molar-refractivity contribution < 1.29 is 9.53 Å². The van der Waals surface area contributed by atoms with E-state index in [9.17, 15) is 10.1 Å². The van der Waals surface area contributed by atoms with Crippen LogP contribution in [0, 0.1) is 18.3 Å². The molecule has 0 saturated carbocycles. The lowest BCUT2D eigenvalue weighted by atomic mass is 10.1. The summed E-state index contributed by atoms with van der Waals surface area (Å²) in [4.78, 5) is 17.3. The van der Waals surface area contributed by atoms with Crippen molar-refractivity contribution in [2.45, 2.75) is 13.8 Å². The van der Waals surface area contributed by atoms with E-state index in [1.54, 1.807) is 12.1 Å². The number of nitrogens with one attached hydrogen (secondary N) is 1. The van der Waals surface area contributed by atoms with E-state index < -0.39 is 0 Å². The molecular formula is C22H19N3O2S. The van der Waals surface area contributed by atoms with Gasteiger partial charge in [-0.25, -0.2) is 4.98 Å². The third-order valence-electron chi connectivity index (χ3n) is 3.93. The molecule has 1 aromatic heterocycles. The maximum absolute atomic E-state index is 12.7. The molecule has 1 amide bonds. The minimum absolute atomic E-state index is 0.223. The molecular weight excluding hydrogens is 370 g/mol.